The van der Waals surface area contributed by atoms with Crippen LogP contribution in [0.15, 0.2) is 18.2 Å². The van der Waals surface area contributed by atoms with Crippen LogP contribution in [0.4, 0.5) is 8.78 Å². The van der Waals surface area contributed by atoms with Crippen LogP contribution < -0.4 is 0 Å². The smallest absolute Gasteiger partial charge is 0.130 e. The Labute approximate surface area is 117 Å². The summed E-state index contributed by atoms with van der Waals surface area (Å²) in [4.78, 5) is 4.39. The molecular formula is C15H20F2N2O. The Morgan fingerprint density at radius 1 is 1.20 bits per heavy atom. The number of fused-ring (bicyclic) bond motifs is 1. The summed E-state index contributed by atoms with van der Waals surface area (Å²) in [6, 6.07) is 4.53. The van der Waals surface area contributed by atoms with Gasteiger partial charge < -0.3 is 5.11 Å². The topological polar surface area (TPSA) is 26.7 Å². The zero-order chi connectivity index (χ0) is 14.3. The second-order valence-corrected chi connectivity index (χ2v) is 5.98. The number of halogens is 2. The van der Waals surface area contributed by atoms with E-state index in [1.165, 1.54) is 18.2 Å². The first-order valence-corrected chi connectivity index (χ1v) is 7.13. The first-order valence-electron chi connectivity index (χ1n) is 7.13. The van der Waals surface area contributed by atoms with Gasteiger partial charge in [-0.1, -0.05) is 6.07 Å². The molecule has 2 aliphatic rings. The third-order valence-electron chi connectivity index (χ3n) is 4.50. The van der Waals surface area contributed by atoms with Gasteiger partial charge in [-0.05, 0) is 25.5 Å². The Morgan fingerprint density at radius 3 is 2.60 bits per heavy atom. The number of rotatable bonds is 2. The van der Waals surface area contributed by atoms with Gasteiger partial charge in [-0.15, -0.1) is 0 Å². The van der Waals surface area contributed by atoms with Gasteiger partial charge in [0, 0.05) is 43.8 Å². The molecule has 20 heavy (non-hydrogen) atoms. The summed E-state index contributed by atoms with van der Waals surface area (Å²) in [6.07, 6.45) is 0.487. The Hall–Kier alpha value is -1.04. The molecule has 110 valence electrons. The van der Waals surface area contributed by atoms with Crippen molar-refractivity contribution in [3.63, 3.8) is 0 Å². The quantitative estimate of drug-likeness (QED) is 0.892. The summed E-state index contributed by atoms with van der Waals surface area (Å²) in [5.74, 6) is -0.961. The van der Waals surface area contributed by atoms with E-state index in [9.17, 15) is 13.9 Å². The van der Waals surface area contributed by atoms with Crippen LogP contribution in [0.25, 0.3) is 0 Å². The second kappa shape index (κ2) is 5.39. The first kappa shape index (κ1) is 13.9. The predicted molar refractivity (Wildman–Crippen MR) is 72.2 cm³/mol. The molecule has 2 aliphatic heterocycles. The fourth-order valence-electron chi connectivity index (χ4n) is 3.38. The normalized spacial score (nSPS) is 31.5. The standard InChI is InChI=1S/C15H20F2N2O/c1-10-6-19-8-12(20)5-11(19)7-18(10)9-13-14(16)3-2-4-15(13)17/h2-4,10-12,20H,5-9H2,1H3/t10-,11-,12+/m0/s1. The van der Waals surface area contributed by atoms with Gasteiger partial charge in [0.05, 0.1) is 6.10 Å². The van der Waals surface area contributed by atoms with Crippen molar-refractivity contribution in [2.75, 3.05) is 19.6 Å². The molecule has 2 fully saturated rings. The minimum atomic E-state index is -0.480. The van der Waals surface area contributed by atoms with Crippen molar-refractivity contribution in [1.29, 1.82) is 0 Å². The van der Waals surface area contributed by atoms with Crippen LogP contribution in [0.2, 0.25) is 0 Å². The number of hydrogen-bond donors (Lipinski definition) is 1. The third-order valence-corrected chi connectivity index (χ3v) is 4.50. The monoisotopic (exact) mass is 282 g/mol. The zero-order valence-electron chi connectivity index (χ0n) is 11.6. The minimum Gasteiger partial charge on any atom is -0.392 e. The molecular weight excluding hydrogens is 262 g/mol. The molecule has 3 atom stereocenters. The zero-order valence-corrected chi connectivity index (χ0v) is 11.6. The average molecular weight is 282 g/mol. The minimum absolute atomic E-state index is 0.145. The number of benzene rings is 1. The molecule has 0 aromatic heterocycles. The Morgan fingerprint density at radius 2 is 1.90 bits per heavy atom. The van der Waals surface area contributed by atoms with Crippen molar-refractivity contribution >= 4 is 0 Å². The van der Waals surface area contributed by atoms with E-state index in [2.05, 4.69) is 16.7 Å². The van der Waals surface area contributed by atoms with Gasteiger partial charge in [0.2, 0.25) is 0 Å². The van der Waals surface area contributed by atoms with Crippen molar-refractivity contribution in [1.82, 2.24) is 9.80 Å². The van der Waals surface area contributed by atoms with E-state index in [1.54, 1.807) is 0 Å². The maximum Gasteiger partial charge on any atom is 0.130 e. The Bertz CT molecular complexity index is 477. The maximum atomic E-state index is 13.7. The molecule has 0 saturated carbocycles. The van der Waals surface area contributed by atoms with Crippen molar-refractivity contribution in [2.24, 2.45) is 0 Å². The molecule has 0 radical (unpaired) electrons. The molecule has 1 N–H and O–H groups in total. The molecule has 0 unspecified atom stereocenters. The summed E-state index contributed by atoms with van der Waals surface area (Å²) in [7, 11) is 0. The molecule has 1 aromatic carbocycles. The van der Waals surface area contributed by atoms with Crippen LogP contribution in [0.5, 0.6) is 0 Å². The van der Waals surface area contributed by atoms with E-state index in [1.807, 2.05) is 0 Å². The van der Waals surface area contributed by atoms with Gasteiger partial charge in [-0.25, -0.2) is 8.78 Å². The molecule has 1 aromatic rings. The fraction of sp³-hybridized carbons (Fsp3) is 0.600. The summed E-state index contributed by atoms with van der Waals surface area (Å²) in [5, 5.41) is 9.73. The fourth-order valence-corrected chi connectivity index (χ4v) is 3.38. The second-order valence-electron chi connectivity index (χ2n) is 5.98. The van der Waals surface area contributed by atoms with Gasteiger partial charge in [0.1, 0.15) is 11.6 Å². The SMILES string of the molecule is C[C@H]1CN2C[C@H](O)C[C@H]2CN1Cc1c(F)cccc1F. The van der Waals surface area contributed by atoms with Crippen molar-refractivity contribution in [3.05, 3.63) is 35.4 Å². The van der Waals surface area contributed by atoms with Crippen LogP contribution in [0.3, 0.4) is 0 Å². The highest BCUT2D eigenvalue weighted by molar-refractivity contribution is 5.20. The van der Waals surface area contributed by atoms with Crippen molar-refractivity contribution in [3.8, 4) is 0 Å². The number of aliphatic hydroxyl groups excluding tert-OH is 1. The van der Waals surface area contributed by atoms with Crippen molar-refractivity contribution in [2.45, 2.75) is 38.1 Å². The van der Waals surface area contributed by atoms with E-state index >= 15 is 0 Å². The van der Waals surface area contributed by atoms with Gasteiger partial charge >= 0.3 is 0 Å². The van der Waals surface area contributed by atoms with Crippen LogP contribution in [0.1, 0.15) is 18.9 Å². The molecule has 3 nitrogen and oxygen atoms in total. The molecule has 2 heterocycles. The van der Waals surface area contributed by atoms with Gasteiger partial charge in [0.15, 0.2) is 0 Å². The van der Waals surface area contributed by atoms with Crippen molar-refractivity contribution < 1.29 is 13.9 Å². The number of nitrogens with zero attached hydrogens (tertiary/aromatic N) is 2. The van der Waals surface area contributed by atoms with Gasteiger partial charge in [-0.2, -0.15) is 0 Å². The highest BCUT2D eigenvalue weighted by Crippen LogP contribution is 2.27. The third kappa shape index (κ3) is 2.57. The highest BCUT2D eigenvalue weighted by Gasteiger charge is 2.38. The van der Waals surface area contributed by atoms with Crippen LogP contribution in [-0.2, 0) is 6.54 Å². The highest BCUT2D eigenvalue weighted by atomic mass is 19.1. The lowest BCUT2D eigenvalue weighted by atomic mass is 10.1. The number of piperazine rings is 1. The van der Waals surface area contributed by atoms with Crippen LogP contribution in [-0.4, -0.2) is 52.7 Å². The Balaban J connectivity index is 1.74. The lowest BCUT2D eigenvalue weighted by Crippen LogP contribution is -2.54. The van der Waals surface area contributed by atoms with E-state index in [4.69, 9.17) is 0 Å². The maximum absolute atomic E-state index is 13.7. The molecule has 5 heteroatoms. The summed E-state index contributed by atoms with van der Waals surface area (Å²) in [6.45, 7) is 4.68. The molecule has 0 amide bonds. The summed E-state index contributed by atoms with van der Waals surface area (Å²) < 4.78 is 27.5. The number of hydrogen-bond acceptors (Lipinski definition) is 3. The average Bonchev–Trinajstić information content (AvgIpc) is 2.73. The molecule has 0 spiro atoms. The molecule has 0 bridgehead atoms. The van der Waals surface area contributed by atoms with Gasteiger partial charge in [-0.3, -0.25) is 9.80 Å². The van der Waals surface area contributed by atoms with E-state index in [-0.39, 0.29) is 17.7 Å². The summed E-state index contributed by atoms with van der Waals surface area (Å²) in [5.41, 5.74) is 0.145. The summed E-state index contributed by atoms with van der Waals surface area (Å²) >= 11 is 0. The van der Waals surface area contributed by atoms with Gasteiger partial charge in [0.25, 0.3) is 0 Å². The van der Waals surface area contributed by atoms with E-state index in [0.29, 0.717) is 12.6 Å². The lowest BCUT2D eigenvalue weighted by Gasteiger charge is -2.42. The van der Waals surface area contributed by atoms with Crippen LogP contribution >= 0.6 is 0 Å². The van der Waals surface area contributed by atoms with E-state index in [0.717, 1.165) is 26.1 Å². The van der Waals surface area contributed by atoms with Crippen LogP contribution in [0, 0.1) is 11.6 Å². The molecule has 2 saturated heterocycles. The lowest BCUT2D eigenvalue weighted by molar-refractivity contribution is 0.0514. The molecule has 0 aliphatic carbocycles. The predicted octanol–water partition coefficient (Wildman–Crippen LogP) is 1.60. The first-order chi connectivity index (χ1) is 9.54. The number of aliphatic hydroxyl groups is 1. The largest absolute Gasteiger partial charge is 0.392 e. The molecule has 3 rings (SSSR count). The van der Waals surface area contributed by atoms with E-state index < -0.39 is 11.6 Å². The Kier molecular flexibility index (Phi) is 3.75.